The highest BCUT2D eigenvalue weighted by molar-refractivity contribution is 5.31. The number of hydrogen-bond donors (Lipinski definition) is 1. The number of aromatic nitrogens is 1. The second-order valence-corrected chi connectivity index (χ2v) is 5.46. The van der Waals surface area contributed by atoms with E-state index in [9.17, 15) is 13.2 Å². The summed E-state index contributed by atoms with van der Waals surface area (Å²) in [5.41, 5.74) is -0.138. The van der Waals surface area contributed by atoms with E-state index in [1.54, 1.807) is 0 Å². The molecule has 112 valence electrons. The smallest absolute Gasteiger partial charge is 0.316 e. The molecular formula is C15H21F3N2. The minimum absolute atomic E-state index is 0.0234. The molecule has 1 aliphatic rings. The second kappa shape index (κ2) is 6.57. The van der Waals surface area contributed by atoms with Gasteiger partial charge in [-0.3, -0.25) is 4.98 Å². The Morgan fingerprint density at radius 2 is 2.15 bits per heavy atom. The predicted octanol–water partition coefficient (Wildman–Crippen LogP) is 3.98. The van der Waals surface area contributed by atoms with Gasteiger partial charge in [0.2, 0.25) is 0 Å². The second-order valence-electron chi connectivity index (χ2n) is 5.46. The minimum atomic E-state index is -4.29. The summed E-state index contributed by atoms with van der Waals surface area (Å²) in [4.78, 5) is 3.91. The van der Waals surface area contributed by atoms with Crippen LogP contribution in [0.3, 0.4) is 0 Å². The molecule has 0 amide bonds. The molecule has 20 heavy (non-hydrogen) atoms. The Hall–Kier alpha value is -1.10. The van der Waals surface area contributed by atoms with Crippen molar-refractivity contribution in [3.63, 3.8) is 0 Å². The Morgan fingerprint density at radius 3 is 2.85 bits per heavy atom. The van der Waals surface area contributed by atoms with Crippen LogP contribution >= 0.6 is 0 Å². The highest BCUT2D eigenvalue weighted by atomic mass is 19.4. The van der Waals surface area contributed by atoms with E-state index in [1.807, 2.05) is 0 Å². The van der Waals surface area contributed by atoms with Gasteiger partial charge in [0.15, 0.2) is 0 Å². The maximum atomic E-state index is 13.1. The summed E-state index contributed by atoms with van der Waals surface area (Å²) in [5.74, 6) is 0.261. The number of pyridine rings is 1. The van der Waals surface area contributed by atoms with Crippen LogP contribution in [0.1, 0.15) is 49.7 Å². The van der Waals surface area contributed by atoms with Crippen LogP contribution in [0.15, 0.2) is 18.5 Å². The molecule has 2 rings (SSSR count). The number of nitrogens with one attached hydrogen (secondary N) is 1. The third kappa shape index (κ3) is 3.51. The lowest BCUT2D eigenvalue weighted by Crippen LogP contribution is -2.26. The summed E-state index contributed by atoms with van der Waals surface area (Å²) in [6, 6.07) is 1.10. The van der Waals surface area contributed by atoms with Gasteiger partial charge in [-0.2, -0.15) is 13.2 Å². The third-order valence-electron chi connectivity index (χ3n) is 4.05. The Bertz CT molecular complexity index is 431. The first-order valence-electron chi connectivity index (χ1n) is 7.25. The Morgan fingerprint density at radius 1 is 1.35 bits per heavy atom. The number of nitrogens with zero attached hydrogens (tertiary/aromatic N) is 1. The zero-order valence-corrected chi connectivity index (χ0v) is 11.7. The molecule has 0 bridgehead atoms. The zero-order chi connectivity index (χ0) is 14.6. The molecule has 0 radical (unpaired) electrons. The van der Waals surface area contributed by atoms with E-state index in [0.29, 0.717) is 5.56 Å². The maximum absolute atomic E-state index is 13.1. The van der Waals surface area contributed by atoms with Crippen molar-refractivity contribution in [3.05, 3.63) is 29.6 Å². The molecular weight excluding hydrogens is 265 g/mol. The number of halogens is 3. The van der Waals surface area contributed by atoms with Gasteiger partial charge in [-0.1, -0.05) is 13.3 Å². The number of rotatable bonds is 5. The van der Waals surface area contributed by atoms with E-state index in [-0.39, 0.29) is 11.8 Å². The fourth-order valence-electron chi connectivity index (χ4n) is 3.12. The molecule has 1 aliphatic carbocycles. The third-order valence-corrected chi connectivity index (χ3v) is 4.05. The number of hydrogen-bond acceptors (Lipinski definition) is 2. The van der Waals surface area contributed by atoms with Crippen molar-refractivity contribution in [3.8, 4) is 0 Å². The highest BCUT2D eigenvalue weighted by Crippen LogP contribution is 2.44. The predicted molar refractivity (Wildman–Crippen MR) is 72.5 cm³/mol. The van der Waals surface area contributed by atoms with Gasteiger partial charge >= 0.3 is 6.18 Å². The molecule has 1 N–H and O–H groups in total. The summed E-state index contributed by atoms with van der Waals surface area (Å²) in [6.45, 7) is 3.80. The summed E-state index contributed by atoms with van der Waals surface area (Å²) in [7, 11) is 0. The Labute approximate surface area is 117 Å². The van der Waals surface area contributed by atoms with Crippen LogP contribution in [0.2, 0.25) is 0 Å². The highest BCUT2D eigenvalue weighted by Gasteiger charge is 2.38. The van der Waals surface area contributed by atoms with Crippen molar-refractivity contribution in [2.45, 2.75) is 44.7 Å². The zero-order valence-electron chi connectivity index (χ0n) is 11.7. The van der Waals surface area contributed by atoms with E-state index in [4.69, 9.17) is 0 Å². The summed E-state index contributed by atoms with van der Waals surface area (Å²) >= 11 is 0. The fourth-order valence-corrected chi connectivity index (χ4v) is 3.12. The van der Waals surface area contributed by atoms with Crippen LogP contribution in [0, 0.1) is 5.92 Å². The topological polar surface area (TPSA) is 24.9 Å². The van der Waals surface area contributed by atoms with Crippen LogP contribution in [0.25, 0.3) is 0 Å². The van der Waals surface area contributed by atoms with Gasteiger partial charge in [-0.15, -0.1) is 0 Å². The van der Waals surface area contributed by atoms with Gasteiger partial charge < -0.3 is 5.32 Å². The van der Waals surface area contributed by atoms with Gasteiger partial charge in [0.1, 0.15) is 0 Å². The summed E-state index contributed by atoms with van der Waals surface area (Å²) in [6.07, 6.45) is 2.20. The van der Waals surface area contributed by atoms with Crippen LogP contribution in [-0.4, -0.2) is 18.1 Å². The lowest BCUT2D eigenvalue weighted by molar-refractivity contribution is -0.138. The standard InChI is InChI=1S/C15H21F3N2/c1-2-7-19-9-11-4-3-5-12(11)13-10-20-8-6-14(13)15(16,17)18/h6,8,10-12,19H,2-5,7,9H2,1H3. The van der Waals surface area contributed by atoms with Gasteiger partial charge in [0.05, 0.1) is 5.56 Å². The lowest BCUT2D eigenvalue weighted by Gasteiger charge is -2.23. The molecule has 1 saturated carbocycles. The van der Waals surface area contributed by atoms with Crippen LogP contribution in [-0.2, 0) is 6.18 Å². The molecule has 1 heterocycles. The van der Waals surface area contributed by atoms with Crippen LogP contribution < -0.4 is 5.32 Å². The van der Waals surface area contributed by atoms with Crippen molar-refractivity contribution < 1.29 is 13.2 Å². The van der Waals surface area contributed by atoms with E-state index < -0.39 is 11.7 Å². The van der Waals surface area contributed by atoms with Crippen LogP contribution in [0.4, 0.5) is 13.2 Å². The van der Waals surface area contributed by atoms with E-state index in [1.165, 1.54) is 12.4 Å². The molecule has 0 aliphatic heterocycles. The molecule has 1 aromatic rings. The lowest BCUT2D eigenvalue weighted by atomic mass is 9.87. The summed E-state index contributed by atoms with van der Waals surface area (Å²) in [5, 5.41) is 3.33. The molecule has 2 atom stereocenters. The molecule has 5 heteroatoms. The quantitative estimate of drug-likeness (QED) is 0.828. The van der Waals surface area contributed by atoms with Gasteiger partial charge in [-0.25, -0.2) is 0 Å². The molecule has 2 unspecified atom stereocenters. The molecule has 0 saturated heterocycles. The van der Waals surface area contributed by atoms with E-state index >= 15 is 0 Å². The molecule has 1 fully saturated rings. The number of alkyl halides is 3. The van der Waals surface area contributed by atoms with Crippen molar-refractivity contribution in [2.24, 2.45) is 5.92 Å². The molecule has 1 aromatic heterocycles. The first-order chi connectivity index (χ1) is 9.54. The SMILES string of the molecule is CCCNCC1CCCC1c1cnccc1C(F)(F)F. The van der Waals surface area contributed by atoms with Gasteiger partial charge in [0, 0.05) is 12.4 Å². The van der Waals surface area contributed by atoms with Crippen molar-refractivity contribution >= 4 is 0 Å². The summed E-state index contributed by atoms with van der Waals surface area (Å²) < 4.78 is 39.3. The van der Waals surface area contributed by atoms with Crippen molar-refractivity contribution in [1.29, 1.82) is 0 Å². The van der Waals surface area contributed by atoms with E-state index in [0.717, 1.165) is 44.8 Å². The van der Waals surface area contributed by atoms with E-state index in [2.05, 4.69) is 17.2 Å². The monoisotopic (exact) mass is 286 g/mol. The fraction of sp³-hybridized carbons (Fsp3) is 0.667. The average Bonchev–Trinajstić information content (AvgIpc) is 2.86. The minimum Gasteiger partial charge on any atom is -0.316 e. The van der Waals surface area contributed by atoms with Crippen molar-refractivity contribution in [2.75, 3.05) is 13.1 Å². The normalized spacial score (nSPS) is 23.2. The molecule has 0 spiro atoms. The van der Waals surface area contributed by atoms with Gasteiger partial charge in [-0.05, 0) is 55.8 Å². The van der Waals surface area contributed by atoms with Crippen LogP contribution in [0.5, 0.6) is 0 Å². The Kier molecular flexibility index (Phi) is 5.02. The van der Waals surface area contributed by atoms with Gasteiger partial charge in [0.25, 0.3) is 0 Å². The average molecular weight is 286 g/mol. The first-order valence-corrected chi connectivity index (χ1v) is 7.25. The molecule has 2 nitrogen and oxygen atoms in total. The largest absolute Gasteiger partial charge is 0.416 e. The van der Waals surface area contributed by atoms with Crippen molar-refractivity contribution in [1.82, 2.24) is 10.3 Å². The maximum Gasteiger partial charge on any atom is 0.416 e. The first kappa shape index (κ1) is 15.3. The Balaban J connectivity index is 2.17. The molecule has 0 aromatic carbocycles.